The highest BCUT2D eigenvalue weighted by atomic mass is 31.1. The molecule has 0 aliphatic carbocycles. The van der Waals surface area contributed by atoms with Crippen LogP contribution >= 0.6 is 8.25 Å². The third kappa shape index (κ3) is 7.33. The summed E-state index contributed by atoms with van der Waals surface area (Å²) in [6.45, 7) is 4.68. The molecule has 3 rings (SSSR count). The molecule has 0 saturated heterocycles. The SMILES string of the molecule is CC(C)Oc1ccc(-c2nc(-c3ccc(CNCCCO[P+](=O)O)cc3)no2)cc1C(F)(F)F. The van der Waals surface area contributed by atoms with Crippen molar-refractivity contribution in [1.82, 2.24) is 15.5 Å². The zero-order valence-corrected chi connectivity index (χ0v) is 19.4. The van der Waals surface area contributed by atoms with E-state index < -0.39 is 26.1 Å². The van der Waals surface area contributed by atoms with E-state index in [1.807, 2.05) is 12.1 Å². The maximum absolute atomic E-state index is 13.5. The van der Waals surface area contributed by atoms with Gasteiger partial charge in [-0.1, -0.05) is 29.4 Å². The van der Waals surface area contributed by atoms with Crippen LogP contribution in [0.4, 0.5) is 13.2 Å². The largest absolute Gasteiger partial charge is 0.694 e. The minimum absolute atomic E-state index is 0.0332. The highest BCUT2D eigenvalue weighted by Gasteiger charge is 2.35. The van der Waals surface area contributed by atoms with Crippen LogP contribution in [0.25, 0.3) is 22.8 Å². The summed E-state index contributed by atoms with van der Waals surface area (Å²) >= 11 is 0. The van der Waals surface area contributed by atoms with E-state index in [4.69, 9.17) is 14.2 Å². The first kappa shape index (κ1) is 25.8. The Morgan fingerprint density at radius 3 is 2.50 bits per heavy atom. The lowest BCUT2D eigenvalue weighted by atomic mass is 10.1. The van der Waals surface area contributed by atoms with Crippen molar-refractivity contribution in [2.75, 3.05) is 13.2 Å². The third-order valence-electron chi connectivity index (χ3n) is 4.56. The van der Waals surface area contributed by atoms with Gasteiger partial charge in [-0.2, -0.15) is 18.2 Å². The molecule has 0 fully saturated rings. The number of hydrogen-bond donors (Lipinski definition) is 2. The predicted molar refractivity (Wildman–Crippen MR) is 118 cm³/mol. The van der Waals surface area contributed by atoms with Gasteiger partial charge in [0.1, 0.15) is 12.4 Å². The number of benzene rings is 2. The van der Waals surface area contributed by atoms with Crippen molar-refractivity contribution in [3.63, 3.8) is 0 Å². The molecule has 0 bridgehead atoms. The smallest absolute Gasteiger partial charge is 0.490 e. The van der Waals surface area contributed by atoms with Gasteiger partial charge in [-0.15, -0.1) is 9.42 Å². The molecule has 8 nitrogen and oxygen atoms in total. The van der Waals surface area contributed by atoms with E-state index in [1.165, 1.54) is 12.1 Å². The molecule has 0 spiro atoms. The quantitative estimate of drug-likeness (QED) is 0.269. The molecule has 2 aromatic carbocycles. The molecule has 3 aromatic rings. The first-order chi connectivity index (χ1) is 16.1. The summed E-state index contributed by atoms with van der Waals surface area (Å²) < 4.78 is 66.0. The van der Waals surface area contributed by atoms with E-state index in [9.17, 15) is 17.7 Å². The van der Waals surface area contributed by atoms with E-state index >= 15 is 0 Å². The topological polar surface area (TPSA) is 107 Å². The average molecular weight is 498 g/mol. The molecule has 182 valence electrons. The maximum atomic E-state index is 13.5. The van der Waals surface area contributed by atoms with Crippen LogP contribution in [-0.4, -0.2) is 34.3 Å². The number of alkyl halides is 3. The van der Waals surface area contributed by atoms with Crippen LogP contribution in [0.1, 0.15) is 31.4 Å². The van der Waals surface area contributed by atoms with Crippen molar-refractivity contribution in [1.29, 1.82) is 0 Å². The number of nitrogens with one attached hydrogen (secondary N) is 1. The van der Waals surface area contributed by atoms with Crippen molar-refractivity contribution < 1.29 is 36.4 Å². The van der Waals surface area contributed by atoms with Gasteiger partial charge in [0.2, 0.25) is 5.82 Å². The van der Waals surface area contributed by atoms with Gasteiger partial charge in [-0.05, 0) is 50.6 Å². The number of rotatable bonds is 11. The van der Waals surface area contributed by atoms with Crippen LogP contribution in [-0.2, 0) is 21.8 Å². The Bertz CT molecular complexity index is 1100. The molecule has 0 amide bonds. The predicted octanol–water partition coefficient (Wildman–Crippen LogP) is 5.36. The van der Waals surface area contributed by atoms with Crippen LogP contribution in [0.15, 0.2) is 47.0 Å². The van der Waals surface area contributed by atoms with E-state index in [0.29, 0.717) is 25.1 Å². The summed E-state index contributed by atoms with van der Waals surface area (Å²) in [6.07, 6.45) is -4.42. The van der Waals surface area contributed by atoms with Gasteiger partial charge in [-0.3, -0.25) is 0 Å². The first-order valence-electron chi connectivity index (χ1n) is 10.4. The molecule has 1 aromatic heterocycles. The zero-order chi connectivity index (χ0) is 24.7. The van der Waals surface area contributed by atoms with Crippen LogP contribution in [0, 0.1) is 0 Å². The van der Waals surface area contributed by atoms with Crippen LogP contribution < -0.4 is 10.1 Å². The summed E-state index contributed by atoms with van der Waals surface area (Å²) in [6, 6.07) is 10.9. The van der Waals surface area contributed by atoms with Crippen molar-refractivity contribution in [2.45, 2.75) is 39.1 Å². The Balaban J connectivity index is 1.66. The molecule has 1 heterocycles. The Morgan fingerprint density at radius 1 is 1.15 bits per heavy atom. The molecule has 0 saturated carbocycles. The summed E-state index contributed by atoms with van der Waals surface area (Å²) in [4.78, 5) is 12.8. The molecule has 1 atom stereocenters. The molecule has 12 heteroatoms. The van der Waals surface area contributed by atoms with E-state index in [2.05, 4.69) is 20.0 Å². The number of aromatic nitrogens is 2. The van der Waals surface area contributed by atoms with Gasteiger partial charge in [0.05, 0.1) is 11.7 Å². The van der Waals surface area contributed by atoms with E-state index in [-0.39, 0.29) is 29.6 Å². The van der Waals surface area contributed by atoms with Crippen molar-refractivity contribution >= 4 is 8.25 Å². The number of hydrogen-bond acceptors (Lipinski definition) is 7. The van der Waals surface area contributed by atoms with E-state index in [1.54, 1.807) is 26.0 Å². The molecule has 2 N–H and O–H groups in total. The summed E-state index contributed by atoms with van der Waals surface area (Å²) in [7, 11) is -2.57. The number of halogens is 3. The maximum Gasteiger partial charge on any atom is 0.694 e. The fourth-order valence-corrected chi connectivity index (χ4v) is 3.33. The monoisotopic (exact) mass is 498 g/mol. The standard InChI is InChI=1S/C22H23F3N3O5P/c1-14(2)32-19-9-8-17(12-18(19)22(23,24)25)21-27-20(28-33-21)16-6-4-15(5-7-16)13-26-10-3-11-31-34(29)30/h4-9,12,14,26H,3,10-11,13H2,1-2H3/p+1. The Labute approximate surface area is 195 Å². The van der Waals surface area contributed by atoms with Crippen LogP contribution in [0.5, 0.6) is 5.75 Å². The second-order valence-corrected chi connectivity index (χ2v) is 8.33. The lowest BCUT2D eigenvalue weighted by Crippen LogP contribution is -2.15. The lowest BCUT2D eigenvalue weighted by molar-refractivity contribution is -0.139. The van der Waals surface area contributed by atoms with Crippen LogP contribution in [0.3, 0.4) is 0 Å². The molecule has 34 heavy (non-hydrogen) atoms. The summed E-state index contributed by atoms with van der Waals surface area (Å²) in [5, 5.41) is 7.08. The first-order valence-corrected chi connectivity index (χ1v) is 11.6. The highest BCUT2D eigenvalue weighted by Crippen LogP contribution is 2.39. The molecule has 0 aliphatic rings. The van der Waals surface area contributed by atoms with E-state index in [0.717, 1.165) is 11.6 Å². The molecular weight excluding hydrogens is 474 g/mol. The number of nitrogens with zero attached hydrogens (tertiary/aromatic N) is 2. The molecular formula is C22H24F3N3O5P+. The third-order valence-corrected chi connectivity index (χ3v) is 4.96. The minimum atomic E-state index is -4.60. The Kier molecular flexibility index (Phi) is 8.73. The Morgan fingerprint density at radius 2 is 1.85 bits per heavy atom. The normalized spacial score (nSPS) is 12.3. The fourth-order valence-electron chi connectivity index (χ4n) is 3.04. The van der Waals surface area contributed by atoms with Gasteiger partial charge >= 0.3 is 14.4 Å². The second-order valence-electron chi connectivity index (χ2n) is 7.60. The van der Waals surface area contributed by atoms with Crippen LogP contribution in [0.2, 0.25) is 0 Å². The zero-order valence-electron chi connectivity index (χ0n) is 18.5. The van der Waals surface area contributed by atoms with Crippen molar-refractivity contribution in [3.8, 4) is 28.6 Å². The lowest BCUT2D eigenvalue weighted by Gasteiger charge is -2.16. The molecule has 0 radical (unpaired) electrons. The summed E-state index contributed by atoms with van der Waals surface area (Å²) in [5.41, 5.74) is 0.858. The van der Waals surface area contributed by atoms with Gasteiger partial charge in [0.15, 0.2) is 0 Å². The summed E-state index contributed by atoms with van der Waals surface area (Å²) in [5.74, 6) is -0.0402. The molecule has 1 unspecified atom stereocenters. The second kappa shape index (κ2) is 11.5. The van der Waals surface area contributed by atoms with Gasteiger partial charge < -0.3 is 14.6 Å². The fraction of sp³-hybridized carbons (Fsp3) is 0.364. The van der Waals surface area contributed by atoms with Gasteiger partial charge in [0.25, 0.3) is 5.89 Å². The van der Waals surface area contributed by atoms with Gasteiger partial charge in [0, 0.05) is 22.2 Å². The molecule has 0 aliphatic heterocycles. The minimum Gasteiger partial charge on any atom is -0.490 e. The number of ether oxygens (including phenoxy) is 1. The van der Waals surface area contributed by atoms with Crippen molar-refractivity contribution in [2.24, 2.45) is 0 Å². The average Bonchev–Trinajstić information content (AvgIpc) is 3.26. The van der Waals surface area contributed by atoms with Gasteiger partial charge in [-0.25, -0.2) is 0 Å². The van der Waals surface area contributed by atoms with Crippen molar-refractivity contribution in [3.05, 3.63) is 53.6 Å². The Hall–Kier alpha value is -2.85. The highest BCUT2D eigenvalue weighted by molar-refractivity contribution is 7.32.